The lowest BCUT2D eigenvalue weighted by atomic mass is 10.0. The minimum atomic E-state index is 0.103. The zero-order valence-corrected chi connectivity index (χ0v) is 16.5. The average Bonchev–Trinajstić information content (AvgIpc) is 3.32. The summed E-state index contributed by atoms with van der Waals surface area (Å²) in [4.78, 5) is 15.4. The molecule has 0 N–H and O–H groups in total. The van der Waals surface area contributed by atoms with Crippen molar-refractivity contribution in [3.63, 3.8) is 0 Å². The van der Waals surface area contributed by atoms with Crippen molar-refractivity contribution in [2.24, 2.45) is 7.05 Å². The smallest absolute Gasteiger partial charge is 0.264 e. The highest BCUT2D eigenvalue weighted by atomic mass is 32.1. The lowest BCUT2D eigenvalue weighted by Gasteiger charge is -2.27. The van der Waals surface area contributed by atoms with Crippen LogP contribution in [0.2, 0.25) is 0 Å². The minimum Gasteiger partial charge on any atom is -0.370 e. The first-order chi connectivity index (χ1) is 13.1. The number of aromatic nitrogens is 2. The number of carbonyl (C=O) groups excluding carboxylic acids is 1. The Morgan fingerprint density at radius 1 is 1.22 bits per heavy atom. The van der Waals surface area contributed by atoms with Crippen molar-refractivity contribution in [2.45, 2.75) is 33.1 Å². The number of nitrogens with zero attached hydrogens (tertiary/aromatic N) is 3. The van der Waals surface area contributed by atoms with Crippen LogP contribution >= 0.6 is 11.3 Å². The van der Waals surface area contributed by atoms with E-state index in [0.29, 0.717) is 19.8 Å². The van der Waals surface area contributed by atoms with Gasteiger partial charge in [0, 0.05) is 37.8 Å². The van der Waals surface area contributed by atoms with Crippen LogP contribution in [0, 0.1) is 6.92 Å². The number of ether oxygens (including phenoxy) is 1. The van der Waals surface area contributed by atoms with Crippen LogP contribution in [-0.2, 0) is 38.0 Å². The Bertz CT molecular complexity index is 929. The number of fused-ring (bicyclic) bond motifs is 1. The van der Waals surface area contributed by atoms with E-state index >= 15 is 0 Å². The van der Waals surface area contributed by atoms with Gasteiger partial charge >= 0.3 is 0 Å². The zero-order chi connectivity index (χ0) is 18.8. The molecule has 1 amide bonds. The van der Waals surface area contributed by atoms with Gasteiger partial charge in [0.2, 0.25) is 0 Å². The molecule has 6 heteroatoms. The van der Waals surface area contributed by atoms with Gasteiger partial charge < -0.3 is 9.64 Å². The van der Waals surface area contributed by atoms with Crippen molar-refractivity contribution in [2.75, 3.05) is 6.54 Å². The highest BCUT2D eigenvalue weighted by molar-refractivity contribution is 7.12. The quantitative estimate of drug-likeness (QED) is 0.677. The second-order valence-corrected chi connectivity index (χ2v) is 7.88. The van der Waals surface area contributed by atoms with Gasteiger partial charge in [0.05, 0.1) is 23.8 Å². The molecule has 140 valence electrons. The van der Waals surface area contributed by atoms with Gasteiger partial charge in [-0.05, 0) is 23.9 Å². The van der Waals surface area contributed by atoms with Crippen LogP contribution in [0.3, 0.4) is 0 Å². The third-order valence-electron chi connectivity index (χ3n) is 4.97. The molecule has 5 nitrogen and oxygen atoms in total. The van der Waals surface area contributed by atoms with E-state index < -0.39 is 0 Å². The van der Waals surface area contributed by atoms with Crippen molar-refractivity contribution in [1.29, 1.82) is 0 Å². The molecule has 0 fully saturated rings. The van der Waals surface area contributed by atoms with Gasteiger partial charge in [-0.25, -0.2) is 0 Å². The molecule has 0 aliphatic carbocycles. The highest BCUT2D eigenvalue weighted by Crippen LogP contribution is 2.25. The van der Waals surface area contributed by atoms with Crippen molar-refractivity contribution in [3.8, 4) is 0 Å². The second-order valence-electron chi connectivity index (χ2n) is 6.93. The normalized spacial score (nSPS) is 13.6. The molecule has 1 aliphatic heterocycles. The molecular weight excluding hydrogens is 358 g/mol. The fourth-order valence-corrected chi connectivity index (χ4v) is 4.16. The van der Waals surface area contributed by atoms with Crippen LogP contribution in [0.1, 0.15) is 37.7 Å². The molecule has 0 radical (unpaired) electrons. The van der Waals surface area contributed by atoms with E-state index in [1.165, 1.54) is 22.6 Å². The van der Waals surface area contributed by atoms with Gasteiger partial charge in [-0.2, -0.15) is 5.10 Å². The highest BCUT2D eigenvalue weighted by Gasteiger charge is 2.27. The molecule has 3 heterocycles. The lowest BCUT2D eigenvalue weighted by Crippen LogP contribution is -2.36. The number of hydrogen-bond donors (Lipinski definition) is 0. The third-order valence-corrected chi connectivity index (χ3v) is 5.83. The Kier molecular flexibility index (Phi) is 5.09. The van der Waals surface area contributed by atoms with Gasteiger partial charge in [0.25, 0.3) is 5.91 Å². The van der Waals surface area contributed by atoms with E-state index in [1.54, 1.807) is 0 Å². The van der Waals surface area contributed by atoms with Crippen LogP contribution in [0.5, 0.6) is 0 Å². The Morgan fingerprint density at radius 2 is 2.04 bits per heavy atom. The van der Waals surface area contributed by atoms with Crippen LogP contribution in [0.4, 0.5) is 0 Å². The monoisotopic (exact) mass is 381 g/mol. The molecule has 0 saturated carbocycles. The molecule has 0 bridgehead atoms. The van der Waals surface area contributed by atoms with Crippen molar-refractivity contribution in [3.05, 3.63) is 74.7 Å². The first-order valence-corrected chi connectivity index (χ1v) is 9.99. The van der Waals surface area contributed by atoms with Gasteiger partial charge in [0.15, 0.2) is 0 Å². The summed E-state index contributed by atoms with van der Waals surface area (Å²) in [6.45, 7) is 4.42. The standard InChI is InChI=1S/C21H23N3O2S/c1-15-5-7-16(8-6-15)13-26-14-18-17-12-24(10-9-19(17)23(2)22-18)21(25)20-4-3-11-27-20/h3-8,11H,9-10,12-14H2,1-2H3. The van der Waals surface area contributed by atoms with E-state index in [9.17, 15) is 4.79 Å². The van der Waals surface area contributed by atoms with E-state index in [1.807, 2.05) is 34.1 Å². The molecule has 0 atom stereocenters. The Morgan fingerprint density at radius 3 is 2.78 bits per heavy atom. The van der Waals surface area contributed by atoms with Crippen molar-refractivity contribution < 1.29 is 9.53 Å². The SMILES string of the molecule is Cc1ccc(COCc2nn(C)c3c2CN(C(=O)c2cccs2)CC3)cc1. The largest absolute Gasteiger partial charge is 0.370 e. The number of hydrogen-bond acceptors (Lipinski definition) is 4. The number of amides is 1. The molecule has 0 spiro atoms. The maximum atomic E-state index is 12.7. The van der Waals surface area contributed by atoms with E-state index in [4.69, 9.17) is 4.74 Å². The molecule has 27 heavy (non-hydrogen) atoms. The number of rotatable bonds is 5. The molecule has 1 aliphatic rings. The molecule has 2 aromatic heterocycles. The fourth-order valence-electron chi connectivity index (χ4n) is 3.46. The van der Waals surface area contributed by atoms with Crippen LogP contribution in [0.25, 0.3) is 0 Å². The molecule has 4 rings (SSSR count). The number of carbonyl (C=O) groups is 1. The molecular formula is C21H23N3O2S. The van der Waals surface area contributed by atoms with Crippen LogP contribution in [0.15, 0.2) is 41.8 Å². The van der Waals surface area contributed by atoms with Gasteiger partial charge in [-0.3, -0.25) is 9.48 Å². The third kappa shape index (κ3) is 3.82. The minimum absolute atomic E-state index is 0.103. The first-order valence-electron chi connectivity index (χ1n) is 9.11. The summed E-state index contributed by atoms with van der Waals surface area (Å²) >= 11 is 1.49. The van der Waals surface area contributed by atoms with Crippen LogP contribution < -0.4 is 0 Å². The predicted molar refractivity (Wildman–Crippen MR) is 106 cm³/mol. The summed E-state index contributed by atoms with van der Waals surface area (Å²) < 4.78 is 7.85. The average molecular weight is 382 g/mol. The summed E-state index contributed by atoms with van der Waals surface area (Å²) in [6, 6.07) is 12.2. The first kappa shape index (κ1) is 17.9. The maximum Gasteiger partial charge on any atom is 0.264 e. The summed E-state index contributed by atoms with van der Waals surface area (Å²) in [5.41, 5.74) is 5.67. The van der Waals surface area contributed by atoms with Crippen LogP contribution in [-0.4, -0.2) is 27.1 Å². The second kappa shape index (κ2) is 7.66. The Labute approximate surface area is 163 Å². The molecule has 1 aromatic carbocycles. The lowest BCUT2D eigenvalue weighted by molar-refractivity contribution is 0.0733. The maximum absolute atomic E-state index is 12.7. The fraction of sp³-hybridized carbons (Fsp3) is 0.333. The predicted octanol–water partition coefficient (Wildman–Crippen LogP) is 3.71. The molecule has 3 aromatic rings. The van der Waals surface area contributed by atoms with Gasteiger partial charge in [-0.1, -0.05) is 35.9 Å². The number of thiophene rings is 1. The summed E-state index contributed by atoms with van der Waals surface area (Å²) in [5, 5.41) is 6.59. The van der Waals surface area contributed by atoms with E-state index in [0.717, 1.165) is 34.7 Å². The summed E-state index contributed by atoms with van der Waals surface area (Å²) in [6.07, 6.45) is 0.827. The van der Waals surface area contributed by atoms with Gasteiger partial charge in [0.1, 0.15) is 0 Å². The topological polar surface area (TPSA) is 47.4 Å². The van der Waals surface area contributed by atoms with Gasteiger partial charge in [-0.15, -0.1) is 11.3 Å². The number of aryl methyl sites for hydroxylation is 2. The summed E-state index contributed by atoms with van der Waals surface area (Å²) in [5.74, 6) is 0.103. The molecule has 0 unspecified atom stereocenters. The van der Waals surface area contributed by atoms with Crippen molar-refractivity contribution >= 4 is 17.2 Å². The van der Waals surface area contributed by atoms with Crippen molar-refractivity contribution in [1.82, 2.24) is 14.7 Å². The van der Waals surface area contributed by atoms with E-state index in [2.05, 4.69) is 36.3 Å². The summed E-state index contributed by atoms with van der Waals surface area (Å²) in [7, 11) is 1.97. The Balaban J connectivity index is 1.44. The number of benzene rings is 1. The Hall–Kier alpha value is -2.44. The molecule has 0 saturated heterocycles. The van der Waals surface area contributed by atoms with E-state index in [-0.39, 0.29) is 5.91 Å². The zero-order valence-electron chi connectivity index (χ0n) is 15.6.